The number of hydrogen-bond donors (Lipinski definition) is 0. The van der Waals surface area contributed by atoms with Crippen LogP contribution >= 0.6 is 15.9 Å². The Kier molecular flexibility index (Phi) is 3.16. The molecule has 2 aliphatic rings. The van der Waals surface area contributed by atoms with Gasteiger partial charge in [-0.25, -0.2) is 0 Å². The molecule has 0 radical (unpaired) electrons. The molecule has 1 unspecified atom stereocenters. The topological polar surface area (TPSA) is 0 Å². The summed E-state index contributed by atoms with van der Waals surface area (Å²) in [5, 5.41) is 2.63. The molecule has 0 bridgehead atoms. The van der Waals surface area contributed by atoms with Crippen molar-refractivity contribution in [3.8, 4) is 22.3 Å². The van der Waals surface area contributed by atoms with Gasteiger partial charge in [-0.2, -0.15) is 0 Å². The molecule has 0 heterocycles. The minimum Gasteiger partial charge on any atom is -0.0619 e. The molecular weight excluding hydrogens is 428 g/mol. The predicted molar refractivity (Wildman–Crippen MR) is 128 cm³/mol. The zero-order valence-electron chi connectivity index (χ0n) is 16.2. The van der Waals surface area contributed by atoms with Crippen molar-refractivity contribution in [1.82, 2.24) is 0 Å². The van der Waals surface area contributed by atoms with E-state index >= 15 is 0 Å². The molecule has 1 spiro atoms. The second-order valence-corrected chi connectivity index (χ2v) is 9.07. The summed E-state index contributed by atoms with van der Waals surface area (Å²) in [4.78, 5) is 0. The number of fused-ring (bicyclic) bond motifs is 12. The van der Waals surface area contributed by atoms with Gasteiger partial charge >= 0.3 is 0 Å². The molecule has 0 aromatic heterocycles. The van der Waals surface area contributed by atoms with Crippen LogP contribution in [0.1, 0.15) is 22.3 Å². The summed E-state index contributed by atoms with van der Waals surface area (Å²) in [7, 11) is 0. The maximum Gasteiger partial charge on any atom is 0.0726 e. The van der Waals surface area contributed by atoms with Crippen LogP contribution in [0.25, 0.3) is 33.0 Å². The summed E-state index contributed by atoms with van der Waals surface area (Å²) in [6.07, 6.45) is 0. The van der Waals surface area contributed by atoms with Gasteiger partial charge in [-0.15, -0.1) is 0 Å². The Morgan fingerprint density at radius 1 is 0.467 bits per heavy atom. The van der Waals surface area contributed by atoms with Crippen LogP contribution in [-0.4, -0.2) is 0 Å². The van der Waals surface area contributed by atoms with Gasteiger partial charge < -0.3 is 0 Å². The van der Waals surface area contributed by atoms with E-state index in [0.29, 0.717) is 0 Å². The Hall–Kier alpha value is -3.16. The number of benzene rings is 5. The molecule has 0 saturated heterocycles. The fourth-order valence-electron chi connectivity index (χ4n) is 5.91. The van der Waals surface area contributed by atoms with Crippen molar-refractivity contribution in [3.05, 3.63) is 130 Å². The molecule has 1 heteroatoms. The zero-order valence-corrected chi connectivity index (χ0v) is 17.8. The lowest BCUT2D eigenvalue weighted by atomic mass is 9.70. The smallest absolute Gasteiger partial charge is 0.0619 e. The highest BCUT2D eigenvalue weighted by atomic mass is 79.9. The first-order chi connectivity index (χ1) is 14.8. The van der Waals surface area contributed by atoms with Crippen LogP contribution in [0, 0.1) is 0 Å². The third-order valence-corrected chi connectivity index (χ3v) is 7.61. The third-order valence-electron chi connectivity index (χ3n) is 6.95. The highest BCUT2D eigenvalue weighted by Crippen LogP contribution is 2.64. The fraction of sp³-hybridized carbons (Fsp3) is 0.0345. The third kappa shape index (κ3) is 1.79. The van der Waals surface area contributed by atoms with E-state index in [1.165, 1.54) is 55.3 Å². The molecule has 0 nitrogen and oxygen atoms in total. The van der Waals surface area contributed by atoms with Gasteiger partial charge in [0.05, 0.1) is 5.41 Å². The molecule has 140 valence electrons. The fourth-order valence-corrected chi connectivity index (χ4v) is 6.49. The van der Waals surface area contributed by atoms with Crippen LogP contribution in [0.2, 0.25) is 0 Å². The van der Waals surface area contributed by atoms with Gasteiger partial charge in [-0.3, -0.25) is 0 Å². The van der Waals surface area contributed by atoms with Crippen molar-refractivity contribution >= 4 is 26.7 Å². The van der Waals surface area contributed by atoms with Crippen LogP contribution in [0.15, 0.2) is 108 Å². The summed E-state index contributed by atoms with van der Waals surface area (Å²) in [6, 6.07) is 38.0. The molecule has 7 rings (SSSR count). The first-order valence-corrected chi connectivity index (χ1v) is 11.1. The molecule has 0 aliphatic heterocycles. The summed E-state index contributed by atoms with van der Waals surface area (Å²) >= 11 is 3.87. The van der Waals surface area contributed by atoms with E-state index in [9.17, 15) is 0 Å². The van der Waals surface area contributed by atoms with E-state index in [2.05, 4.69) is 119 Å². The monoisotopic (exact) mass is 444 g/mol. The van der Waals surface area contributed by atoms with Crippen molar-refractivity contribution in [2.24, 2.45) is 0 Å². The normalized spacial score (nSPS) is 17.6. The van der Waals surface area contributed by atoms with E-state index in [1.54, 1.807) is 0 Å². The van der Waals surface area contributed by atoms with Crippen molar-refractivity contribution in [1.29, 1.82) is 0 Å². The predicted octanol–water partition coefficient (Wildman–Crippen LogP) is 7.95. The number of halogens is 1. The van der Waals surface area contributed by atoms with Gasteiger partial charge in [-0.1, -0.05) is 113 Å². The van der Waals surface area contributed by atoms with Crippen LogP contribution in [0.3, 0.4) is 0 Å². The highest BCUT2D eigenvalue weighted by Gasteiger charge is 2.52. The Morgan fingerprint density at radius 2 is 1.07 bits per heavy atom. The lowest BCUT2D eigenvalue weighted by molar-refractivity contribution is 0.794. The first kappa shape index (κ1) is 16.6. The molecule has 5 aromatic rings. The van der Waals surface area contributed by atoms with Crippen molar-refractivity contribution in [2.75, 3.05) is 0 Å². The van der Waals surface area contributed by atoms with Crippen molar-refractivity contribution < 1.29 is 0 Å². The summed E-state index contributed by atoms with van der Waals surface area (Å²) < 4.78 is 1.16. The largest absolute Gasteiger partial charge is 0.0726 e. The Bertz CT molecular complexity index is 1510. The van der Waals surface area contributed by atoms with Gasteiger partial charge in [0.15, 0.2) is 0 Å². The van der Waals surface area contributed by atoms with Crippen LogP contribution in [0.4, 0.5) is 0 Å². The number of rotatable bonds is 0. The molecular formula is C29H17Br. The van der Waals surface area contributed by atoms with Gasteiger partial charge in [0.2, 0.25) is 0 Å². The van der Waals surface area contributed by atoms with E-state index in [1.807, 2.05) is 0 Å². The van der Waals surface area contributed by atoms with E-state index < -0.39 is 0 Å². The Morgan fingerprint density at radius 3 is 1.87 bits per heavy atom. The zero-order chi connectivity index (χ0) is 19.9. The molecule has 2 aliphatic carbocycles. The molecule has 0 fully saturated rings. The second kappa shape index (κ2) is 5.71. The van der Waals surface area contributed by atoms with Crippen LogP contribution in [0.5, 0.6) is 0 Å². The quantitative estimate of drug-likeness (QED) is 0.222. The molecule has 5 aromatic carbocycles. The van der Waals surface area contributed by atoms with Crippen molar-refractivity contribution in [3.63, 3.8) is 0 Å². The summed E-state index contributed by atoms with van der Waals surface area (Å²) in [5.74, 6) is 0. The lowest BCUT2D eigenvalue weighted by Gasteiger charge is -2.30. The summed E-state index contributed by atoms with van der Waals surface area (Å²) in [5.41, 5.74) is 10.7. The van der Waals surface area contributed by atoms with E-state index in [4.69, 9.17) is 0 Å². The Labute approximate surface area is 184 Å². The van der Waals surface area contributed by atoms with E-state index in [-0.39, 0.29) is 5.41 Å². The minimum atomic E-state index is -0.272. The minimum absolute atomic E-state index is 0.272. The molecule has 0 amide bonds. The van der Waals surface area contributed by atoms with Gasteiger partial charge in [-0.05, 0) is 55.8 Å². The summed E-state index contributed by atoms with van der Waals surface area (Å²) in [6.45, 7) is 0. The SMILES string of the molecule is Brc1cccc2c1-c1ccccc1C21c2ccccc2-c2c1ccc1ccccc21. The number of hydrogen-bond acceptors (Lipinski definition) is 0. The standard InChI is InChI=1S/C29H17Br/c30-26-15-7-14-24-28(26)21-11-4-6-13-23(21)29(24)22-12-5-3-10-20(22)27-19-9-2-1-8-18(19)16-17-25(27)29/h1-17H. The van der Waals surface area contributed by atoms with Gasteiger partial charge in [0, 0.05) is 10.0 Å². The maximum atomic E-state index is 3.87. The Balaban J connectivity index is 1.76. The maximum absolute atomic E-state index is 3.87. The lowest BCUT2D eigenvalue weighted by Crippen LogP contribution is -2.25. The average Bonchev–Trinajstić information content (AvgIpc) is 3.27. The van der Waals surface area contributed by atoms with Crippen LogP contribution in [-0.2, 0) is 5.41 Å². The van der Waals surface area contributed by atoms with Gasteiger partial charge in [0.25, 0.3) is 0 Å². The molecule has 0 saturated carbocycles. The van der Waals surface area contributed by atoms with Gasteiger partial charge in [0.1, 0.15) is 0 Å². The average molecular weight is 445 g/mol. The van der Waals surface area contributed by atoms with Crippen molar-refractivity contribution in [2.45, 2.75) is 5.41 Å². The molecule has 30 heavy (non-hydrogen) atoms. The van der Waals surface area contributed by atoms with Crippen LogP contribution < -0.4 is 0 Å². The first-order valence-electron chi connectivity index (χ1n) is 10.3. The molecule has 0 N–H and O–H groups in total. The molecule has 1 atom stereocenters. The highest BCUT2D eigenvalue weighted by molar-refractivity contribution is 9.10. The van der Waals surface area contributed by atoms with E-state index in [0.717, 1.165) is 4.47 Å². The second-order valence-electron chi connectivity index (χ2n) is 8.21.